The first kappa shape index (κ1) is 56.0. The summed E-state index contributed by atoms with van der Waals surface area (Å²) in [5.74, 6) is 0. The molecule has 1 heteroatoms. The first-order chi connectivity index (χ1) is 27.6. The largest absolute Gasteiger partial charge is 0.319 e. The Morgan fingerprint density at radius 2 is 0.321 bits per heavy atom. The Kier molecular flexibility index (Phi) is 44.5. The van der Waals surface area contributed by atoms with Crippen LogP contribution in [0.5, 0.6) is 0 Å². The number of hydrogen-bond donors (Lipinski definition) is 0. The van der Waals surface area contributed by atoms with Crippen LogP contribution < -0.4 is 0 Å². The number of hydrogen-bond acceptors (Lipinski definition) is 0. The lowest BCUT2D eigenvalue weighted by molar-refractivity contribution is -0.980. The molecule has 0 amide bonds. The molecule has 56 heavy (non-hydrogen) atoms. The van der Waals surface area contributed by atoms with Crippen LogP contribution in [0.3, 0.4) is 0 Å². The van der Waals surface area contributed by atoms with Gasteiger partial charge in [-0.1, -0.05) is 253 Å². The number of quaternary nitrogens is 1. The van der Waals surface area contributed by atoms with E-state index in [1.807, 2.05) is 0 Å². The highest BCUT2D eigenvalue weighted by Gasteiger charge is 2.44. The van der Waals surface area contributed by atoms with Gasteiger partial charge in [0.25, 0.3) is 0 Å². The molecule has 0 aliphatic carbocycles. The second-order valence-electron chi connectivity index (χ2n) is 19.6. The first-order valence-corrected chi connectivity index (χ1v) is 27.4. The predicted molar refractivity (Wildman–Crippen MR) is 259 cm³/mol. The lowest BCUT2D eigenvalue weighted by Gasteiger charge is -2.53. The summed E-state index contributed by atoms with van der Waals surface area (Å²) in [5, 5.41) is 0. The van der Waals surface area contributed by atoms with Gasteiger partial charge in [-0.25, -0.2) is 0 Å². The summed E-state index contributed by atoms with van der Waals surface area (Å²) in [6.45, 7) is 14.2. The average molecular weight is 790 g/mol. The highest BCUT2D eigenvalue weighted by atomic mass is 15.4. The average Bonchev–Trinajstić information content (AvgIpc) is 3.20. The molecule has 338 valence electrons. The first-order valence-electron chi connectivity index (χ1n) is 27.4. The molecule has 0 aliphatic rings. The summed E-state index contributed by atoms with van der Waals surface area (Å²) >= 11 is 0. The molecule has 3 atom stereocenters. The van der Waals surface area contributed by atoms with Crippen LogP contribution in [0.1, 0.15) is 330 Å². The maximum atomic E-state index is 2.93. The van der Waals surface area contributed by atoms with Crippen molar-refractivity contribution >= 4 is 0 Å². The Morgan fingerprint density at radius 1 is 0.196 bits per heavy atom. The van der Waals surface area contributed by atoms with Crippen LogP contribution in [0.2, 0.25) is 0 Å². The molecule has 0 aliphatic heterocycles. The van der Waals surface area contributed by atoms with Crippen molar-refractivity contribution < 1.29 is 4.48 Å². The van der Waals surface area contributed by atoms with Crippen molar-refractivity contribution in [1.82, 2.24) is 0 Å². The Bertz CT molecular complexity index is 621. The number of nitrogens with zero attached hydrogens (tertiary/aromatic N) is 1. The summed E-state index contributed by atoms with van der Waals surface area (Å²) in [4.78, 5) is 0. The fraction of sp³-hybridized carbons (Fsp3) is 1.00. The van der Waals surface area contributed by atoms with Crippen LogP contribution in [-0.4, -0.2) is 29.7 Å². The zero-order valence-corrected chi connectivity index (χ0v) is 41.0. The van der Waals surface area contributed by atoms with E-state index in [4.69, 9.17) is 0 Å². The summed E-state index contributed by atoms with van der Waals surface area (Å²) in [7, 11) is 2.93. The van der Waals surface area contributed by atoms with Crippen LogP contribution in [0, 0.1) is 0 Å². The van der Waals surface area contributed by atoms with E-state index in [1.165, 1.54) is 293 Å². The standard InChI is InChI=1S/C55H114N/c1-8-14-20-26-32-38-44-50-53(47-41-35-29-23-17-11-4)56(7,54(48-42-36-30-24-18-12-5)51-45-39-33-27-21-15-9-2)55(49-43-37-31-25-19-13-6)52-46-40-34-28-22-16-10-3/h53-55H,8-52H2,1-7H3/q+1. The third-order valence-corrected chi connectivity index (χ3v) is 14.5. The Balaban J connectivity index is 6.58. The Labute approximate surface area is 358 Å². The molecule has 0 bridgehead atoms. The highest BCUT2D eigenvalue weighted by molar-refractivity contribution is 4.76. The molecule has 3 unspecified atom stereocenters. The fourth-order valence-corrected chi connectivity index (χ4v) is 10.5. The van der Waals surface area contributed by atoms with Crippen molar-refractivity contribution in [1.29, 1.82) is 0 Å². The predicted octanol–water partition coefficient (Wildman–Crippen LogP) is 20.2. The van der Waals surface area contributed by atoms with Gasteiger partial charge in [0.05, 0.1) is 25.2 Å². The van der Waals surface area contributed by atoms with Gasteiger partial charge in [0, 0.05) is 0 Å². The molecule has 0 aromatic heterocycles. The Hall–Kier alpha value is -0.0400. The summed E-state index contributed by atoms with van der Waals surface area (Å²) in [6, 6.07) is 2.63. The van der Waals surface area contributed by atoms with Crippen molar-refractivity contribution in [3.63, 3.8) is 0 Å². The molecule has 0 aromatic rings. The summed E-state index contributed by atoms with van der Waals surface area (Å²) in [5.41, 5.74) is 0. The van der Waals surface area contributed by atoms with Crippen LogP contribution >= 0.6 is 0 Å². The van der Waals surface area contributed by atoms with Crippen LogP contribution in [-0.2, 0) is 0 Å². The van der Waals surface area contributed by atoms with E-state index in [9.17, 15) is 0 Å². The van der Waals surface area contributed by atoms with Gasteiger partial charge >= 0.3 is 0 Å². The van der Waals surface area contributed by atoms with E-state index >= 15 is 0 Å². The smallest absolute Gasteiger partial charge is 0.0892 e. The topological polar surface area (TPSA) is 0 Å². The van der Waals surface area contributed by atoms with Gasteiger partial charge in [-0.3, -0.25) is 0 Å². The van der Waals surface area contributed by atoms with E-state index in [0.29, 0.717) is 0 Å². The minimum Gasteiger partial charge on any atom is -0.319 e. The maximum absolute atomic E-state index is 2.93. The quantitative estimate of drug-likeness (QED) is 0.0425. The molecule has 0 N–H and O–H groups in total. The second-order valence-corrected chi connectivity index (χ2v) is 19.6. The summed E-state index contributed by atoms with van der Waals surface area (Å²) < 4.78 is 1.47. The zero-order valence-electron chi connectivity index (χ0n) is 41.0. The Morgan fingerprint density at radius 3 is 0.464 bits per heavy atom. The number of unbranched alkanes of at least 4 members (excludes halogenated alkanes) is 33. The van der Waals surface area contributed by atoms with Crippen molar-refractivity contribution in [2.24, 2.45) is 0 Å². The van der Waals surface area contributed by atoms with Crippen LogP contribution in [0.15, 0.2) is 0 Å². The van der Waals surface area contributed by atoms with Gasteiger partial charge in [-0.05, 0) is 77.0 Å². The molecule has 0 spiro atoms. The van der Waals surface area contributed by atoms with E-state index < -0.39 is 0 Å². The van der Waals surface area contributed by atoms with Gasteiger partial charge in [-0.15, -0.1) is 0 Å². The van der Waals surface area contributed by atoms with Gasteiger partial charge in [0.2, 0.25) is 0 Å². The molecule has 0 fully saturated rings. The van der Waals surface area contributed by atoms with E-state index in [0.717, 1.165) is 18.1 Å². The van der Waals surface area contributed by atoms with Gasteiger partial charge < -0.3 is 4.48 Å². The number of rotatable bonds is 48. The highest BCUT2D eigenvalue weighted by Crippen LogP contribution is 2.38. The normalized spacial score (nSPS) is 14.6. The minimum atomic E-state index is 0.876. The van der Waals surface area contributed by atoms with E-state index in [-0.39, 0.29) is 0 Å². The lowest BCUT2D eigenvalue weighted by Crippen LogP contribution is -2.64. The molecule has 0 rings (SSSR count). The molecular weight excluding hydrogens is 675 g/mol. The third kappa shape index (κ3) is 31.8. The summed E-state index contributed by atoms with van der Waals surface area (Å²) in [6.07, 6.45) is 65.7. The third-order valence-electron chi connectivity index (χ3n) is 14.5. The monoisotopic (exact) mass is 789 g/mol. The zero-order chi connectivity index (χ0) is 41.1. The molecule has 1 nitrogen and oxygen atoms in total. The maximum Gasteiger partial charge on any atom is 0.0892 e. The van der Waals surface area contributed by atoms with Crippen LogP contribution in [0.25, 0.3) is 0 Å². The van der Waals surface area contributed by atoms with Crippen molar-refractivity contribution in [2.45, 2.75) is 349 Å². The molecule has 0 radical (unpaired) electrons. The van der Waals surface area contributed by atoms with E-state index in [2.05, 4.69) is 48.6 Å². The molecule has 0 saturated heterocycles. The molecule has 0 heterocycles. The molecular formula is C55H114N+. The van der Waals surface area contributed by atoms with Gasteiger partial charge in [-0.2, -0.15) is 0 Å². The molecule has 0 saturated carbocycles. The fourth-order valence-electron chi connectivity index (χ4n) is 10.5. The van der Waals surface area contributed by atoms with Gasteiger partial charge in [0.1, 0.15) is 0 Å². The SMILES string of the molecule is CCCCCCCCCC(CCCCCCCC)[N+](C)(C(CCCCCCCC)CCCCCCCCC)C(CCCCCCCC)CCCCCCCCC. The van der Waals surface area contributed by atoms with Crippen molar-refractivity contribution in [2.75, 3.05) is 7.05 Å². The van der Waals surface area contributed by atoms with Crippen molar-refractivity contribution in [3.05, 3.63) is 0 Å². The van der Waals surface area contributed by atoms with Gasteiger partial charge in [0.15, 0.2) is 0 Å². The second kappa shape index (κ2) is 44.5. The molecule has 0 aromatic carbocycles. The lowest BCUT2D eigenvalue weighted by atomic mass is 9.85. The minimum absolute atomic E-state index is 0.876. The van der Waals surface area contributed by atoms with Crippen molar-refractivity contribution in [3.8, 4) is 0 Å². The van der Waals surface area contributed by atoms with Crippen LogP contribution in [0.4, 0.5) is 0 Å². The van der Waals surface area contributed by atoms with E-state index in [1.54, 1.807) is 0 Å².